The summed E-state index contributed by atoms with van der Waals surface area (Å²) in [7, 11) is 0. The number of nitrogens with zero attached hydrogens (tertiary/aromatic N) is 1. The van der Waals surface area contributed by atoms with E-state index in [1.807, 2.05) is 35.2 Å². The minimum Gasteiger partial charge on any atom is -0.486 e. The van der Waals surface area contributed by atoms with Crippen LogP contribution in [0.1, 0.15) is 53.6 Å². The molecule has 0 saturated heterocycles. The van der Waals surface area contributed by atoms with E-state index in [0.717, 1.165) is 31.4 Å². The van der Waals surface area contributed by atoms with Crippen LogP contribution in [0.2, 0.25) is 0 Å². The van der Waals surface area contributed by atoms with Gasteiger partial charge in [0.25, 0.3) is 0 Å². The average Bonchev–Trinajstić information content (AvgIpc) is 2.91. The number of alkyl halides is 3. The molecule has 0 amide bonds. The molecule has 2 atom stereocenters. The number of ether oxygens (including phenoxy) is 1. The number of para-hydroxylation sites is 2. The molecule has 4 aromatic rings. The summed E-state index contributed by atoms with van der Waals surface area (Å²) >= 11 is 0. The summed E-state index contributed by atoms with van der Waals surface area (Å²) in [5.74, 6) is -0.636. The van der Waals surface area contributed by atoms with Gasteiger partial charge in [0.1, 0.15) is 11.9 Å². The van der Waals surface area contributed by atoms with Crippen LogP contribution < -0.4 is 9.64 Å². The Balaban J connectivity index is 0.00000353. The van der Waals surface area contributed by atoms with Crippen molar-refractivity contribution in [2.24, 2.45) is 0 Å². The van der Waals surface area contributed by atoms with Gasteiger partial charge in [-0.3, -0.25) is 0 Å². The largest absolute Gasteiger partial charge is 0.486 e. The fraction of sp³-hybridized carbons (Fsp3) is 0.258. The minimum atomic E-state index is -4.75. The number of hydrogen-bond donors (Lipinski definition) is 1. The van der Waals surface area contributed by atoms with E-state index in [9.17, 15) is 23.1 Å². The molecule has 0 spiro atoms. The number of hydrogen-bond acceptors (Lipinski definition) is 3. The molecular formula is C31H29ClF3NO3. The maximum atomic E-state index is 13.4. The summed E-state index contributed by atoms with van der Waals surface area (Å²) in [5.41, 5.74) is 0.475. The number of carboxylic acid groups (broad SMARTS) is 1. The summed E-state index contributed by atoms with van der Waals surface area (Å²) in [4.78, 5) is 13.5. The van der Waals surface area contributed by atoms with E-state index >= 15 is 0 Å². The third kappa shape index (κ3) is 5.98. The predicted molar refractivity (Wildman–Crippen MR) is 150 cm³/mol. The fourth-order valence-corrected chi connectivity index (χ4v) is 5.30. The quantitative estimate of drug-likeness (QED) is 0.247. The normalized spacial score (nSPS) is 15.7. The van der Waals surface area contributed by atoms with Crippen LogP contribution in [0.15, 0.2) is 84.9 Å². The van der Waals surface area contributed by atoms with Crippen LogP contribution in [0.4, 0.5) is 24.5 Å². The summed E-state index contributed by atoms with van der Waals surface area (Å²) < 4.78 is 46.5. The van der Waals surface area contributed by atoms with Gasteiger partial charge in [-0.15, -0.1) is 12.4 Å². The van der Waals surface area contributed by atoms with Gasteiger partial charge in [0.05, 0.1) is 23.4 Å². The molecule has 39 heavy (non-hydrogen) atoms. The molecule has 4 aromatic carbocycles. The third-order valence-electron chi connectivity index (χ3n) is 7.20. The Labute approximate surface area is 231 Å². The van der Waals surface area contributed by atoms with Gasteiger partial charge in [0, 0.05) is 5.69 Å². The van der Waals surface area contributed by atoms with Crippen LogP contribution in [0, 0.1) is 0 Å². The molecule has 0 aromatic heterocycles. The Morgan fingerprint density at radius 2 is 1.74 bits per heavy atom. The molecule has 0 fully saturated rings. The van der Waals surface area contributed by atoms with E-state index in [1.54, 1.807) is 0 Å². The summed E-state index contributed by atoms with van der Waals surface area (Å²) in [6.07, 6.45) is -2.33. The molecule has 0 saturated carbocycles. The van der Waals surface area contributed by atoms with Crippen molar-refractivity contribution in [3.63, 3.8) is 0 Å². The lowest BCUT2D eigenvalue weighted by atomic mass is 9.90. The Bertz CT molecular complexity index is 1470. The van der Waals surface area contributed by atoms with Crippen LogP contribution >= 0.6 is 12.4 Å². The monoisotopic (exact) mass is 555 g/mol. The number of halogens is 4. The van der Waals surface area contributed by atoms with E-state index in [2.05, 4.69) is 43.3 Å². The minimum absolute atomic E-state index is 0. The second kappa shape index (κ2) is 11.6. The first kappa shape index (κ1) is 28.3. The average molecular weight is 556 g/mol. The number of fused-ring (bicyclic) bond motifs is 2. The standard InChI is InChI=1S/C31H28F3NO3.ClH/c1-20(24-13-7-10-21-9-2-3-12-25(21)24)8-6-11-23-19-35(28-14-4-5-15-29(28)38-23)22-16-17-27(31(32,33)34)26(18-22)30(36)37;/h2-5,7,9-10,12-18,20,23H,6,8,11,19H2,1H3,(H,36,37);1H/t20-,23?;/m0./s1. The Hall–Kier alpha value is -3.71. The summed E-state index contributed by atoms with van der Waals surface area (Å²) in [5, 5.41) is 12.0. The molecule has 8 heteroatoms. The van der Waals surface area contributed by atoms with Crippen molar-refractivity contribution in [2.45, 2.75) is 44.4 Å². The van der Waals surface area contributed by atoms with Gasteiger partial charge in [-0.2, -0.15) is 13.2 Å². The molecule has 1 aliphatic heterocycles. The Morgan fingerprint density at radius 3 is 2.51 bits per heavy atom. The first-order valence-electron chi connectivity index (χ1n) is 12.7. The van der Waals surface area contributed by atoms with Crippen molar-refractivity contribution >= 4 is 40.5 Å². The molecule has 1 N–H and O–H groups in total. The van der Waals surface area contributed by atoms with E-state index in [0.29, 0.717) is 29.6 Å². The lowest BCUT2D eigenvalue weighted by molar-refractivity contribution is -0.138. The van der Waals surface area contributed by atoms with Crippen molar-refractivity contribution in [1.82, 2.24) is 0 Å². The molecule has 204 valence electrons. The SMILES string of the molecule is C[C@@H](CCCC1CN(c2ccc(C(F)(F)F)c(C(=O)O)c2)c2ccccc2O1)c1cccc2ccccc12.Cl. The Morgan fingerprint density at radius 1 is 1.03 bits per heavy atom. The molecule has 0 bridgehead atoms. The maximum Gasteiger partial charge on any atom is 0.417 e. The van der Waals surface area contributed by atoms with Gasteiger partial charge in [0.15, 0.2) is 0 Å². The summed E-state index contributed by atoms with van der Waals surface area (Å²) in [6.45, 7) is 2.63. The van der Waals surface area contributed by atoms with Crippen molar-refractivity contribution < 1.29 is 27.8 Å². The zero-order valence-electron chi connectivity index (χ0n) is 21.3. The lowest BCUT2D eigenvalue weighted by Gasteiger charge is -2.37. The first-order valence-corrected chi connectivity index (χ1v) is 12.7. The molecule has 4 nitrogen and oxygen atoms in total. The van der Waals surface area contributed by atoms with Gasteiger partial charge < -0.3 is 14.7 Å². The smallest absolute Gasteiger partial charge is 0.417 e. The number of benzene rings is 4. The highest BCUT2D eigenvalue weighted by atomic mass is 35.5. The van der Waals surface area contributed by atoms with E-state index in [1.165, 1.54) is 22.4 Å². The number of rotatable bonds is 7. The highest BCUT2D eigenvalue weighted by Crippen LogP contribution is 2.41. The van der Waals surface area contributed by atoms with Gasteiger partial charge in [-0.05, 0) is 71.8 Å². The molecule has 1 unspecified atom stereocenters. The predicted octanol–water partition coefficient (Wildman–Crippen LogP) is 8.85. The van der Waals surface area contributed by atoms with Crippen LogP contribution in [0.25, 0.3) is 10.8 Å². The number of carbonyl (C=O) groups is 1. The Kier molecular flexibility index (Phi) is 8.40. The number of anilines is 2. The third-order valence-corrected chi connectivity index (χ3v) is 7.20. The van der Waals surface area contributed by atoms with Crippen molar-refractivity contribution in [3.8, 4) is 5.75 Å². The van der Waals surface area contributed by atoms with E-state index < -0.39 is 23.3 Å². The molecule has 0 radical (unpaired) electrons. The van der Waals surface area contributed by atoms with E-state index in [4.69, 9.17) is 4.74 Å². The second-order valence-corrected chi connectivity index (χ2v) is 9.75. The van der Waals surface area contributed by atoms with Gasteiger partial charge >= 0.3 is 12.1 Å². The summed E-state index contributed by atoms with van der Waals surface area (Å²) in [6, 6.07) is 25.3. The fourth-order valence-electron chi connectivity index (χ4n) is 5.30. The highest BCUT2D eigenvalue weighted by Gasteiger charge is 2.36. The number of carboxylic acids is 1. The van der Waals surface area contributed by atoms with Crippen molar-refractivity contribution in [1.29, 1.82) is 0 Å². The zero-order chi connectivity index (χ0) is 26.9. The van der Waals surface area contributed by atoms with Crippen LogP contribution in [-0.2, 0) is 6.18 Å². The van der Waals surface area contributed by atoms with E-state index in [-0.39, 0.29) is 18.5 Å². The van der Waals surface area contributed by atoms with Gasteiger partial charge in [-0.1, -0.05) is 61.5 Å². The maximum absolute atomic E-state index is 13.4. The molecule has 1 heterocycles. The molecular weight excluding hydrogens is 527 g/mol. The van der Waals surface area contributed by atoms with Crippen LogP contribution in [0.5, 0.6) is 5.75 Å². The molecule has 5 rings (SSSR count). The van der Waals surface area contributed by atoms with Crippen LogP contribution in [0.3, 0.4) is 0 Å². The second-order valence-electron chi connectivity index (χ2n) is 9.75. The zero-order valence-corrected chi connectivity index (χ0v) is 22.1. The first-order chi connectivity index (χ1) is 18.2. The van der Waals surface area contributed by atoms with Crippen molar-refractivity contribution in [3.05, 3.63) is 102 Å². The van der Waals surface area contributed by atoms with Gasteiger partial charge in [0.2, 0.25) is 0 Å². The van der Waals surface area contributed by atoms with Crippen LogP contribution in [-0.4, -0.2) is 23.7 Å². The highest BCUT2D eigenvalue weighted by molar-refractivity contribution is 5.91. The van der Waals surface area contributed by atoms with Gasteiger partial charge in [-0.25, -0.2) is 4.79 Å². The lowest BCUT2D eigenvalue weighted by Crippen LogP contribution is -2.37. The topological polar surface area (TPSA) is 49.8 Å². The molecule has 0 aliphatic carbocycles. The number of aromatic carboxylic acids is 1. The van der Waals surface area contributed by atoms with Crippen molar-refractivity contribution in [2.75, 3.05) is 11.4 Å². The molecule has 1 aliphatic rings.